The van der Waals surface area contributed by atoms with Crippen molar-refractivity contribution in [1.29, 1.82) is 5.26 Å². The first-order chi connectivity index (χ1) is 2.00. The molecule has 0 spiro atoms. The second kappa shape index (κ2) is 116. The Bertz CT molecular complexity index is 28.9. The van der Waals surface area contributed by atoms with Gasteiger partial charge in [-0.05, 0) is 0 Å². The van der Waals surface area contributed by atoms with Crippen LogP contribution in [0.3, 0.4) is 0 Å². The Balaban J connectivity index is -0.00000000267. The Hall–Kier alpha value is 1.74. The molecule has 0 N–H and O–H groups in total. The van der Waals surface area contributed by atoms with E-state index in [9.17, 15) is 0 Å². The predicted octanol–water partition coefficient (Wildman–Crippen LogP) is -0.678. The van der Waals surface area contributed by atoms with Crippen LogP contribution in [0.25, 0.3) is 0 Å². The van der Waals surface area contributed by atoms with Gasteiger partial charge in [0.1, 0.15) is 0 Å². The van der Waals surface area contributed by atoms with Crippen molar-refractivity contribution >= 4 is 16.2 Å². The Kier molecular flexibility index (Phi) is 619. The van der Waals surface area contributed by atoms with Crippen molar-refractivity contribution < 1.29 is 63.7 Å². The normalized spacial score (nSPS) is 0.714. The minimum Gasteiger partial charge on any atom is 0 e. The van der Waals surface area contributed by atoms with Crippen molar-refractivity contribution in [2.24, 2.45) is 0 Å². The maximum atomic E-state index is 8.28. The summed E-state index contributed by atoms with van der Waals surface area (Å²) in [5.41, 5.74) is 0. The summed E-state index contributed by atoms with van der Waals surface area (Å²) in [6.07, 6.45) is 0. The Morgan fingerprint density at radius 1 is 1.14 bits per heavy atom. The summed E-state index contributed by atoms with van der Waals surface area (Å²) in [4.78, 5) is 0. The van der Waals surface area contributed by atoms with Gasteiger partial charge in [0, 0.05) is 59.9 Å². The summed E-state index contributed by atoms with van der Waals surface area (Å²) in [7, 11) is 0. The molecule has 0 saturated heterocycles. The largest absolute Gasteiger partial charge is 0 e. The monoisotopic (exact) mass is 224 g/mol. The van der Waals surface area contributed by atoms with Gasteiger partial charge in [0.25, 0.3) is 0 Å². The van der Waals surface area contributed by atoms with Crippen LogP contribution < -0.4 is 0 Å². The van der Waals surface area contributed by atoms with Crippen molar-refractivity contribution in [2.75, 3.05) is 0 Å². The standard InChI is InChI=1S/CN.Al.Ni.O.2Ti.H/c1-2;;;;;;/q-1;;;;;;. The molecule has 0 aliphatic carbocycles. The molecule has 0 atom stereocenters. The summed E-state index contributed by atoms with van der Waals surface area (Å²) in [5.74, 6) is 0. The summed E-state index contributed by atoms with van der Waals surface area (Å²) < 4.78 is 8.28. The van der Waals surface area contributed by atoms with Gasteiger partial charge in [-0.3, -0.25) is 0 Å². The first kappa shape index (κ1) is 37.4. The maximum absolute atomic E-state index is 8.28. The molecule has 0 heterocycles. The molecule has 0 aliphatic heterocycles. The third kappa shape index (κ3) is 84.0. The zero-order chi connectivity index (χ0) is 4.00. The first-order valence-electron chi connectivity index (χ1n) is 0.512. The molecule has 0 aromatic carbocycles. The molecule has 6 heteroatoms. The summed E-state index contributed by atoms with van der Waals surface area (Å²) in [6.45, 7) is 4.75. The maximum Gasteiger partial charge on any atom is 0 e. The Morgan fingerprint density at radius 2 is 1.14 bits per heavy atom. The van der Waals surface area contributed by atoms with Crippen LogP contribution in [0.15, 0.2) is 0 Å². The minimum absolute atomic E-state index is 0. The fourth-order valence-corrected chi connectivity index (χ4v) is 0. The van der Waals surface area contributed by atoms with E-state index in [1.54, 1.807) is 0 Å². The van der Waals surface area contributed by atoms with Crippen LogP contribution >= 0.6 is 0 Å². The SMILES string of the molecule is [C-]#N.[Ni].[O]=[AlH].[Ti].[Ti]. The van der Waals surface area contributed by atoms with Gasteiger partial charge in [0.05, 0.1) is 0 Å². The Labute approximate surface area is 90.7 Å². The minimum atomic E-state index is 0. The van der Waals surface area contributed by atoms with E-state index >= 15 is 0 Å². The fraction of sp³-hybridized carbons (Fsp3) is 0. The van der Waals surface area contributed by atoms with Gasteiger partial charge in [-0.25, -0.2) is 0 Å². The molecule has 0 unspecified atom stereocenters. The molecule has 2 nitrogen and oxygen atoms in total. The van der Waals surface area contributed by atoms with Gasteiger partial charge in [-0.1, -0.05) is 0 Å². The quantitative estimate of drug-likeness (QED) is 0.404. The van der Waals surface area contributed by atoms with Crippen molar-refractivity contribution in [2.45, 2.75) is 0 Å². The van der Waals surface area contributed by atoms with E-state index < -0.39 is 0 Å². The zero-order valence-corrected chi connectivity index (χ0v) is 8.90. The van der Waals surface area contributed by atoms with Gasteiger partial charge in [-0.15, -0.1) is 0 Å². The summed E-state index contributed by atoms with van der Waals surface area (Å²) in [6, 6.07) is 0. The third-order valence-electron chi connectivity index (χ3n) is 0. The van der Waals surface area contributed by atoms with E-state index in [1.165, 1.54) is 0 Å². The van der Waals surface area contributed by atoms with E-state index in [2.05, 4.69) is 0 Å². The molecule has 0 radical (unpaired) electrons. The number of hydrogen-bond donors (Lipinski definition) is 0. The molecular formula is CHAlNNiOTi2-. The first-order valence-corrected chi connectivity index (χ1v) is 1.09. The zero-order valence-electron chi connectivity index (χ0n) is 3.38. The van der Waals surface area contributed by atoms with Crippen LogP contribution in [0.1, 0.15) is 0 Å². The molecule has 0 aromatic heterocycles. The molecule has 0 amide bonds. The summed E-state index contributed by atoms with van der Waals surface area (Å²) >= 11 is 0.611. The van der Waals surface area contributed by atoms with Crippen LogP contribution in [0.4, 0.5) is 0 Å². The van der Waals surface area contributed by atoms with Crippen molar-refractivity contribution in [1.82, 2.24) is 0 Å². The topological polar surface area (TPSA) is 40.9 Å². The van der Waals surface area contributed by atoms with Gasteiger partial charge >= 0.3 is 20.0 Å². The smallest absolute Gasteiger partial charge is 0 e. The number of nitrogens with zero attached hydrogens (tertiary/aromatic N) is 1. The third-order valence-corrected chi connectivity index (χ3v) is 0. The van der Waals surface area contributed by atoms with Crippen LogP contribution in [0.2, 0.25) is 0 Å². The van der Waals surface area contributed by atoms with Crippen molar-refractivity contribution in [3.8, 4) is 0 Å². The molecule has 38 valence electrons. The van der Waals surface area contributed by atoms with E-state index in [-0.39, 0.29) is 59.9 Å². The molecule has 0 saturated carbocycles. The molecule has 0 fully saturated rings. The molecule has 0 aliphatic rings. The average molecular weight is 224 g/mol. The second-order valence-corrected chi connectivity index (χ2v) is 0. The molecular weight excluding hydrogens is 223 g/mol. The van der Waals surface area contributed by atoms with E-state index in [0.29, 0.717) is 16.2 Å². The van der Waals surface area contributed by atoms with Crippen LogP contribution in [-0.2, 0) is 63.7 Å². The van der Waals surface area contributed by atoms with E-state index in [4.69, 9.17) is 15.6 Å². The summed E-state index contributed by atoms with van der Waals surface area (Å²) in [5, 5.41) is 6.25. The van der Waals surface area contributed by atoms with Gasteiger partial charge < -0.3 is 11.8 Å². The number of hydrogen-bond acceptors (Lipinski definition) is 2. The van der Waals surface area contributed by atoms with E-state index in [0.717, 1.165) is 0 Å². The predicted molar refractivity (Wildman–Crippen MR) is 12.8 cm³/mol. The molecule has 7 heavy (non-hydrogen) atoms. The van der Waals surface area contributed by atoms with Crippen molar-refractivity contribution in [3.63, 3.8) is 0 Å². The molecule has 0 aromatic rings. The van der Waals surface area contributed by atoms with Gasteiger partial charge in [0.2, 0.25) is 0 Å². The number of rotatable bonds is 0. The Morgan fingerprint density at radius 3 is 1.14 bits per heavy atom. The fourth-order valence-electron chi connectivity index (χ4n) is 0. The average Bonchev–Trinajstić information content (AvgIpc) is 1.50. The van der Waals surface area contributed by atoms with Crippen LogP contribution in [-0.4, -0.2) is 16.2 Å². The second-order valence-electron chi connectivity index (χ2n) is 0. The van der Waals surface area contributed by atoms with E-state index in [1.807, 2.05) is 0 Å². The van der Waals surface area contributed by atoms with Crippen LogP contribution in [0.5, 0.6) is 0 Å². The van der Waals surface area contributed by atoms with Crippen molar-refractivity contribution in [3.05, 3.63) is 6.57 Å². The molecule has 0 rings (SSSR count). The van der Waals surface area contributed by atoms with Gasteiger partial charge in [-0.2, -0.15) is 0 Å². The van der Waals surface area contributed by atoms with Gasteiger partial charge in [0.15, 0.2) is 0 Å². The van der Waals surface area contributed by atoms with Crippen LogP contribution in [0, 0.1) is 11.8 Å². The molecule has 0 bridgehead atoms.